The number of hydrogen-bond acceptors (Lipinski definition) is 14. The Balaban J connectivity index is 1.00. The molecule has 76 heavy (non-hydrogen) atoms. The van der Waals surface area contributed by atoms with Crippen molar-refractivity contribution in [3.8, 4) is 0 Å². The van der Waals surface area contributed by atoms with Crippen LogP contribution >= 0.6 is 0 Å². The van der Waals surface area contributed by atoms with Gasteiger partial charge in [0.05, 0.1) is 43.4 Å². The maximum atomic E-state index is 14.1. The molecule has 0 bridgehead atoms. The molecule has 24 heteroatoms. The molecular formula is C52H52N10O14. The Kier molecular flexibility index (Phi) is 17.8. The van der Waals surface area contributed by atoms with Gasteiger partial charge in [0.25, 0.3) is 34.6 Å². The normalized spacial score (nSPS) is 16.8. The number of non-ortho nitro benzene ring substituents is 4. The van der Waals surface area contributed by atoms with Crippen LogP contribution in [0, 0.1) is 64.1 Å². The van der Waals surface area contributed by atoms with E-state index in [2.05, 4.69) is 21.3 Å². The first kappa shape index (κ1) is 54.3. The molecule has 6 amide bonds. The number of nitro groups is 4. The molecule has 0 spiro atoms. The second-order valence-electron chi connectivity index (χ2n) is 18.3. The summed E-state index contributed by atoms with van der Waals surface area (Å²) in [5.41, 5.74) is 2.83. The van der Waals surface area contributed by atoms with Gasteiger partial charge in [0, 0.05) is 112 Å². The Morgan fingerprint density at radius 1 is 0.355 bits per heavy atom. The van der Waals surface area contributed by atoms with Gasteiger partial charge in [-0.1, -0.05) is 48.5 Å². The summed E-state index contributed by atoms with van der Waals surface area (Å²) in [7, 11) is 0. The van der Waals surface area contributed by atoms with Crippen molar-refractivity contribution in [2.45, 2.75) is 25.7 Å². The highest BCUT2D eigenvalue weighted by Gasteiger charge is 2.45. The first-order valence-electron chi connectivity index (χ1n) is 24.2. The number of amides is 6. The van der Waals surface area contributed by atoms with Gasteiger partial charge in [0.2, 0.25) is 23.6 Å². The van der Waals surface area contributed by atoms with Gasteiger partial charge in [-0.05, 0) is 72.2 Å². The predicted molar refractivity (Wildman–Crippen MR) is 271 cm³/mol. The van der Waals surface area contributed by atoms with Crippen LogP contribution in [0.1, 0.15) is 43.0 Å². The van der Waals surface area contributed by atoms with E-state index >= 15 is 0 Å². The largest absolute Gasteiger partial charge is 0.355 e. The van der Waals surface area contributed by atoms with Crippen molar-refractivity contribution < 1.29 is 48.5 Å². The fourth-order valence-corrected chi connectivity index (χ4v) is 9.10. The van der Waals surface area contributed by atoms with Gasteiger partial charge in [-0.3, -0.25) is 69.2 Å². The highest BCUT2D eigenvalue weighted by atomic mass is 16.6. The Morgan fingerprint density at radius 3 is 0.737 bits per heavy atom. The summed E-state index contributed by atoms with van der Waals surface area (Å²) in [4.78, 5) is 128. The van der Waals surface area contributed by atoms with Crippen molar-refractivity contribution in [2.24, 2.45) is 23.7 Å². The molecule has 4 N–H and O–H groups in total. The number of benzene rings is 5. The molecule has 0 saturated carbocycles. The number of nitro benzene ring substituents is 4. The predicted octanol–water partition coefficient (Wildman–Crippen LogP) is 4.13. The molecule has 5 aromatic carbocycles. The molecule has 2 aliphatic heterocycles. The number of likely N-dealkylation sites (tertiary alicyclic amines) is 2. The molecule has 0 radical (unpaired) electrons. The number of carbonyl (C=O) groups excluding carboxylic acids is 6. The average molecular weight is 1040 g/mol. The van der Waals surface area contributed by atoms with E-state index in [4.69, 9.17) is 0 Å². The van der Waals surface area contributed by atoms with Crippen LogP contribution in [0.3, 0.4) is 0 Å². The Bertz CT molecular complexity index is 2620. The van der Waals surface area contributed by atoms with Crippen LogP contribution in [0.2, 0.25) is 0 Å². The Hall–Kier alpha value is -9.48. The maximum Gasteiger partial charge on any atom is 0.269 e. The van der Waals surface area contributed by atoms with E-state index < -0.39 is 78.8 Å². The molecule has 394 valence electrons. The molecule has 0 aromatic heterocycles. The van der Waals surface area contributed by atoms with Crippen molar-refractivity contribution in [3.63, 3.8) is 0 Å². The quantitative estimate of drug-likeness (QED) is 0.0560. The molecule has 2 aliphatic rings. The lowest BCUT2D eigenvalue weighted by Crippen LogP contribution is -2.42. The van der Waals surface area contributed by atoms with Crippen LogP contribution in [0.15, 0.2) is 121 Å². The first-order valence-corrected chi connectivity index (χ1v) is 24.2. The fourth-order valence-electron chi connectivity index (χ4n) is 9.10. The third-order valence-electron chi connectivity index (χ3n) is 13.4. The highest BCUT2D eigenvalue weighted by molar-refractivity contribution is 6.00. The van der Waals surface area contributed by atoms with E-state index in [1.165, 1.54) is 82.6 Å². The topological polar surface area (TPSA) is 330 Å². The Morgan fingerprint density at radius 2 is 0.553 bits per heavy atom. The number of nitrogens with one attached hydrogen (secondary N) is 4. The summed E-state index contributed by atoms with van der Waals surface area (Å²) in [5, 5.41) is 55.6. The SMILES string of the molecule is O=C(NCCc1ccc([N+](=O)[O-])cc1)[C@@H]1CN(C(=O)c2ccc(C(=O)N3C[C@@H](C(=O)NCCc4ccc([N+](=O)[O-])cc4)[C@H](C(=O)NCCc4ccc([N+](=O)[O-])cc4)C3)cc2)C[C@H]1C(=O)NCCc1ccc([N+](=O)[O-])cc1. The second kappa shape index (κ2) is 25.0. The van der Waals surface area contributed by atoms with Gasteiger partial charge in [-0.25, -0.2) is 0 Å². The zero-order valence-electron chi connectivity index (χ0n) is 40.7. The van der Waals surface area contributed by atoms with Gasteiger partial charge in [0.15, 0.2) is 0 Å². The minimum absolute atomic E-state index is 0.0853. The number of rotatable bonds is 22. The van der Waals surface area contributed by atoms with Gasteiger partial charge >= 0.3 is 0 Å². The molecule has 7 rings (SSSR count). The lowest BCUT2D eigenvalue weighted by molar-refractivity contribution is -0.385. The summed E-state index contributed by atoms with van der Waals surface area (Å²) in [6.45, 7) is -0.00305. The van der Waals surface area contributed by atoms with Gasteiger partial charge < -0.3 is 31.1 Å². The highest BCUT2D eigenvalue weighted by Crippen LogP contribution is 2.29. The van der Waals surface area contributed by atoms with Crippen LogP contribution < -0.4 is 21.3 Å². The summed E-state index contributed by atoms with van der Waals surface area (Å²) in [6, 6.07) is 29.1. The molecule has 2 fully saturated rings. The van der Waals surface area contributed by atoms with Crippen molar-refractivity contribution in [3.05, 3.63) is 195 Å². The van der Waals surface area contributed by atoms with Crippen LogP contribution in [-0.2, 0) is 44.9 Å². The first-order chi connectivity index (χ1) is 36.4. The number of hydrogen-bond donors (Lipinski definition) is 4. The van der Waals surface area contributed by atoms with E-state index in [0.29, 0.717) is 25.7 Å². The third kappa shape index (κ3) is 14.0. The maximum absolute atomic E-state index is 14.1. The lowest BCUT2D eigenvalue weighted by atomic mass is 9.94. The smallest absolute Gasteiger partial charge is 0.269 e. The van der Waals surface area contributed by atoms with Crippen molar-refractivity contribution in [2.75, 3.05) is 52.4 Å². The molecule has 2 heterocycles. The zero-order valence-corrected chi connectivity index (χ0v) is 40.7. The summed E-state index contributed by atoms with van der Waals surface area (Å²) in [6.07, 6.45) is 1.31. The molecule has 2 saturated heterocycles. The number of carbonyl (C=O) groups is 6. The summed E-state index contributed by atoms with van der Waals surface area (Å²) >= 11 is 0. The van der Waals surface area contributed by atoms with Crippen LogP contribution in [0.25, 0.3) is 0 Å². The summed E-state index contributed by atoms with van der Waals surface area (Å²) < 4.78 is 0. The fraction of sp³-hybridized carbons (Fsp3) is 0.308. The molecule has 4 atom stereocenters. The van der Waals surface area contributed by atoms with Crippen LogP contribution in [0.5, 0.6) is 0 Å². The summed E-state index contributed by atoms with van der Waals surface area (Å²) in [5.74, 6) is -6.93. The minimum atomic E-state index is -0.976. The van der Waals surface area contributed by atoms with Crippen molar-refractivity contribution in [1.82, 2.24) is 31.1 Å². The molecule has 0 aliphatic carbocycles. The molecule has 5 aromatic rings. The van der Waals surface area contributed by atoms with Gasteiger partial charge in [-0.15, -0.1) is 0 Å². The van der Waals surface area contributed by atoms with E-state index in [9.17, 15) is 69.2 Å². The van der Waals surface area contributed by atoms with Crippen LogP contribution in [-0.4, -0.2) is 117 Å². The molecular weight excluding hydrogens is 989 g/mol. The van der Waals surface area contributed by atoms with Crippen molar-refractivity contribution >= 4 is 58.2 Å². The standard InChI is InChI=1S/C52H52N10O14/c63-47(53-25-21-33-1-13-39(14-2-33)59(69)70)43-29-57(30-44(43)48(64)54-26-22-34-3-15-40(16-4-34)60(71)72)51(67)37-9-11-38(12-10-37)52(68)58-31-45(49(65)55-27-23-35-5-17-41(18-6-35)61(73)74)46(32-58)50(66)56-28-24-36-7-19-42(20-8-36)62(75)76/h1-20,43-46H,21-32H2,(H,53,63)(H,54,64)(H,55,65)(H,56,66)/t43-,44-,45-,46-/m1/s1. The van der Waals surface area contributed by atoms with Crippen molar-refractivity contribution in [1.29, 1.82) is 0 Å². The van der Waals surface area contributed by atoms with Gasteiger partial charge in [-0.2, -0.15) is 0 Å². The zero-order chi connectivity index (χ0) is 54.5. The lowest BCUT2D eigenvalue weighted by Gasteiger charge is -2.18. The molecule has 24 nitrogen and oxygen atoms in total. The third-order valence-corrected chi connectivity index (χ3v) is 13.4. The van der Waals surface area contributed by atoms with E-state index in [1.807, 2.05) is 0 Å². The minimum Gasteiger partial charge on any atom is -0.355 e. The number of nitrogens with zero attached hydrogens (tertiary/aromatic N) is 6. The average Bonchev–Trinajstić information content (AvgIpc) is 4.08. The monoisotopic (exact) mass is 1040 g/mol. The van der Waals surface area contributed by atoms with E-state index in [-0.39, 0.29) is 86.2 Å². The Labute approximate surface area is 433 Å². The van der Waals surface area contributed by atoms with Gasteiger partial charge in [0.1, 0.15) is 0 Å². The van der Waals surface area contributed by atoms with E-state index in [0.717, 1.165) is 22.3 Å². The molecule has 0 unspecified atom stereocenters. The second-order valence-corrected chi connectivity index (χ2v) is 18.3. The van der Waals surface area contributed by atoms with E-state index in [1.54, 1.807) is 48.5 Å². The van der Waals surface area contributed by atoms with Crippen LogP contribution in [0.4, 0.5) is 22.7 Å².